The van der Waals surface area contributed by atoms with Crippen LogP contribution in [0.15, 0.2) is 48.5 Å². The molecule has 2 aromatic carbocycles. The number of rotatable bonds is 4. The fourth-order valence-corrected chi connectivity index (χ4v) is 4.02. The van der Waals surface area contributed by atoms with Crippen LogP contribution < -0.4 is 16.1 Å². The van der Waals surface area contributed by atoms with Crippen molar-refractivity contribution in [2.75, 3.05) is 5.32 Å². The second kappa shape index (κ2) is 8.41. The summed E-state index contributed by atoms with van der Waals surface area (Å²) >= 11 is 0. The Balaban J connectivity index is 1.44. The van der Waals surface area contributed by atoms with Gasteiger partial charge in [-0.25, -0.2) is 9.18 Å². The van der Waals surface area contributed by atoms with E-state index < -0.39 is 35.1 Å². The molecule has 0 radical (unpaired) electrons. The smallest absolute Gasteiger partial charge is 0.322 e. The first-order chi connectivity index (χ1) is 15.3. The van der Waals surface area contributed by atoms with Gasteiger partial charge < -0.3 is 10.6 Å². The summed E-state index contributed by atoms with van der Waals surface area (Å²) in [7, 11) is 0. The lowest BCUT2D eigenvalue weighted by molar-refractivity contribution is -0.134. The molecule has 0 aromatic heterocycles. The van der Waals surface area contributed by atoms with E-state index in [-0.39, 0.29) is 11.1 Å². The van der Waals surface area contributed by atoms with Gasteiger partial charge in [0, 0.05) is 16.8 Å². The van der Waals surface area contributed by atoms with Crippen LogP contribution in [0, 0.1) is 11.7 Å². The van der Waals surface area contributed by atoms with Gasteiger partial charge in [-0.3, -0.25) is 19.8 Å². The van der Waals surface area contributed by atoms with Crippen LogP contribution in [0.3, 0.4) is 0 Å². The van der Waals surface area contributed by atoms with Gasteiger partial charge in [0.05, 0.1) is 0 Å². The highest BCUT2D eigenvalue weighted by atomic mass is 19.1. The zero-order valence-corrected chi connectivity index (χ0v) is 17.5. The zero-order valence-electron chi connectivity index (χ0n) is 17.5. The highest BCUT2D eigenvalue weighted by molar-refractivity contribution is 6.09. The number of hydrazine groups is 1. The Morgan fingerprint density at radius 1 is 1.03 bits per heavy atom. The lowest BCUT2D eigenvalue weighted by Gasteiger charge is -2.33. The summed E-state index contributed by atoms with van der Waals surface area (Å²) in [6.45, 7) is 2.11. The van der Waals surface area contributed by atoms with Crippen molar-refractivity contribution in [3.63, 3.8) is 0 Å². The van der Waals surface area contributed by atoms with Gasteiger partial charge in [0.2, 0.25) is 0 Å². The molecular formula is C23H23FN4O4. The number of benzene rings is 2. The number of carbonyl (C=O) groups is 4. The second-order valence-corrected chi connectivity index (χ2v) is 8.32. The van der Waals surface area contributed by atoms with Crippen molar-refractivity contribution in [1.82, 2.24) is 15.8 Å². The van der Waals surface area contributed by atoms with Crippen LogP contribution in [0.2, 0.25) is 0 Å². The van der Waals surface area contributed by atoms with Crippen LogP contribution in [-0.4, -0.2) is 34.3 Å². The number of anilines is 1. The summed E-state index contributed by atoms with van der Waals surface area (Å²) < 4.78 is 13.0. The average Bonchev–Trinajstić information content (AvgIpc) is 3.00. The van der Waals surface area contributed by atoms with Gasteiger partial charge in [0.15, 0.2) is 0 Å². The van der Waals surface area contributed by atoms with Crippen LogP contribution in [0.25, 0.3) is 0 Å². The molecule has 1 spiro atoms. The number of hydrogen-bond donors (Lipinski definition) is 3. The maximum Gasteiger partial charge on any atom is 0.344 e. The summed E-state index contributed by atoms with van der Waals surface area (Å²) in [5.41, 5.74) is 2.16. The first kappa shape index (κ1) is 21.5. The molecule has 8 nitrogen and oxygen atoms in total. The van der Waals surface area contributed by atoms with Crippen molar-refractivity contribution < 1.29 is 23.6 Å². The molecule has 0 unspecified atom stereocenters. The Labute approximate surface area is 184 Å². The average molecular weight is 438 g/mol. The number of urea groups is 1. The predicted octanol–water partition coefficient (Wildman–Crippen LogP) is 3.22. The Morgan fingerprint density at radius 2 is 1.72 bits per heavy atom. The predicted molar refractivity (Wildman–Crippen MR) is 114 cm³/mol. The number of amides is 5. The molecule has 9 heteroatoms. The van der Waals surface area contributed by atoms with Crippen LogP contribution in [0.5, 0.6) is 0 Å². The first-order valence-electron chi connectivity index (χ1n) is 10.4. The third-order valence-corrected chi connectivity index (χ3v) is 5.99. The highest BCUT2D eigenvalue weighted by Gasteiger charge is 2.52. The Bertz CT molecular complexity index is 1080. The maximum atomic E-state index is 13.0. The van der Waals surface area contributed by atoms with E-state index in [9.17, 15) is 23.6 Å². The third-order valence-electron chi connectivity index (χ3n) is 5.99. The monoisotopic (exact) mass is 438 g/mol. The van der Waals surface area contributed by atoms with Crippen molar-refractivity contribution in [2.24, 2.45) is 5.92 Å². The summed E-state index contributed by atoms with van der Waals surface area (Å²) in [4.78, 5) is 50.3. The van der Waals surface area contributed by atoms with Gasteiger partial charge in [-0.1, -0.05) is 13.0 Å². The summed E-state index contributed by atoms with van der Waals surface area (Å²) in [6.07, 6.45) is 2.72. The van der Waals surface area contributed by atoms with Crippen LogP contribution in [-0.2, 0) is 4.79 Å². The highest BCUT2D eigenvalue weighted by Crippen LogP contribution is 2.35. The lowest BCUT2D eigenvalue weighted by Crippen LogP contribution is -2.51. The van der Waals surface area contributed by atoms with Gasteiger partial charge in [-0.05, 0) is 74.1 Å². The van der Waals surface area contributed by atoms with Crippen LogP contribution in [0.1, 0.15) is 53.3 Å². The lowest BCUT2D eigenvalue weighted by atomic mass is 9.77. The van der Waals surface area contributed by atoms with Crippen molar-refractivity contribution >= 4 is 29.4 Å². The van der Waals surface area contributed by atoms with Gasteiger partial charge in [-0.15, -0.1) is 0 Å². The van der Waals surface area contributed by atoms with Gasteiger partial charge in [0.1, 0.15) is 11.4 Å². The van der Waals surface area contributed by atoms with E-state index >= 15 is 0 Å². The number of hydrogen-bond acceptors (Lipinski definition) is 4. The van der Waals surface area contributed by atoms with E-state index in [4.69, 9.17) is 0 Å². The van der Waals surface area contributed by atoms with Gasteiger partial charge in [-0.2, -0.15) is 5.01 Å². The van der Waals surface area contributed by atoms with Crippen molar-refractivity contribution in [3.8, 4) is 0 Å². The van der Waals surface area contributed by atoms with Gasteiger partial charge in [0.25, 0.3) is 17.7 Å². The van der Waals surface area contributed by atoms with E-state index in [0.717, 1.165) is 17.9 Å². The minimum atomic E-state index is -0.956. The second-order valence-electron chi connectivity index (χ2n) is 8.32. The van der Waals surface area contributed by atoms with E-state index in [2.05, 4.69) is 23.0 Å². The van der Waals surface area contributed by atoms with E-state index in [0.29, 0.717) is 24.4 Å². The van der Waals surface area contributed by atoms with Crippen molar-refractivity contribution in [1.29, 1.82) is 0 Å². The number of halogens is 1. The quantitative estimate of drug-likeness (QED) is 0.637. The molecule has 166 valence electrons. The topological polar surface area (TPSA) is 108 Å². The van der Waals surface area contributed by atoms with E-state index in [1.807, 2.05) is 0 Å². The molecule has 1 heterocycles. The zero-order chi connectivity index (χ0) is 22.9. The van der Waals surface area contributed by atoms with Crippen LogP contribution in [0.4, 0.5) is 14.9 Å². The number of carbonyl (C=O) groups excluding carboxylic acids is 4. The SMILES string of the molecule is CC1CCC2(CC1)NC(=O)N(NC(=O)c1cccc(NC(=O)c3ccc(F)cc3)c1)C2=O. The molecule has 32 heavy (non-hydrogen) atoms. The standard InChI is InChI=1S/C23H23FN4O4/c1-14-9-11-23(12-10-14)21(31)28(22(32)26-23)27-20(30)16-3-2-4-18(13-16)25-19(29)15-5-7-17(24)8-6-15/h2-8,13-14H,9-12H2,1H3,(H,25,29)(H,26,32)(H,27,30). The summed E-state index contributed by atoms with van der Waals surface area (Å²) in [5, 5.41) is 6.12. The third kappa shape index (κ3) is 4.18. The van der Waals surface area contributed by atoms with Crippen LogP contribution >= 0.6 is 0 Å². The van der Waals surface area contributed by atoms with Gasteiger partial charge >= 0.3 is 6.03 Å². The van der Waals surface area contributed by atoms with Crippen molar-refractivity contribution in [3.05, 3.63) is 65.5 Å². The fraction of sp³-hybridized carbons (Fsp3) is 0.304. The fourth-order valence-electron chi connectivity index (χ4n) is 4.02. The molecule has 1 aliphatic carbocycles. The summed E-state index contributed by atoms with van der Waals surface area (Å²) in [6, 6.07) is 10.5. The first-order valence-corrected chi connectivity index (χ1v) is 10.4. The molecule has 4 rings (SSSR count). The van der Waals surface area contributed by atoms with E-state index in [1.165, 1.54) is 36.4 Å². The molecule has 1 saturated heterocycles. The van der Waals surface area contributed by atoms with E-state index in [1.54, 1.807) is 12.1 Å². The molecule has 5 amide bonds. The van der Waals surface area contributed by atoms with Crippen molar-refractivity contribution in [2.45, 2.75) is 38.1 Å². The molecule has 2 aromatic rings. The minimum Gasteiger partial charge on any atom is -0.322 e. The summed E-state index contributed by atoms with van der Waals surface area (Å²) in [5.74, 6) is -1.55. The minimum absolute atomic E-state index is 0.153. The molecular weight excluding hydrogens is 415 g/mol. The Hall–Kier alpha value is -3.75. The molecule has 3 N–H and O–H groups in total. The molecule has 1 aliphatic heterocycles. The molecule has 2 fully saturated rings. The Kier molecular flexibility index (Phi) is 5.65. The number of imide groups is 1. The molecule has 0 atom stereocenters. The molecule has 1 saturated carbocycles. The molecule has 0 bridgehead atoms. The normalized spacial score (nSPS) is 22.6. The number of nitrogens with one attached hydrogen (secondary N) is 3. The molecule has 2 aliphatic rings. The number of nitrogens with zero attached hydrogens (tertiary/aromatic N) is 1. The Morgan fingerprint density at radius 3 is 2.41 bits per heavy atom. The maximum absolute atomic E-state index is 13.0. The largest absolute Gasteiger partial charge is 0.344 e.